The van der Waals surface area contributed by atoms with Gasteiger partial charge in [-0.3, -0.25) is 4.79 Å². The first kappa shape index (κ1) is 10.5. The molecule has 0 unspecified atom stereocenters. The number of Topliss-reactive ketones (excluding diaryl/α,β-unsaturated/α-hetero) is 1. The van der Waals surface area contributed by atoms with E-state index in [2.05, 4.69) is 17.8 Å². The van der Waals surface area contributed by atoms with Crippen molar-refractivity contribution >= 4 is 5.78 Å². The van der Waals surface area contributed by atoms with Crippen LogP contribution in [0.5, 0.6) is 0 Å². The number of hydrogen-bond donors (Lipinski definition) is 1. The highest BCUT2D eigenvalue weighted by Gasteiger charge is 2.09. The second-order valence-corrected chi connectivity index (χ2v) is 2.43. The zero-order chi connectivity index (χ0) is 9.72. The van der Waals surface area contributed by atoms with E-state index < -0.39 is 0 Å². The van der Waals surface area contributed by atoms with Crippen LogP contribution in [-0.2, 0) is 4.79 Å². The molecule has 0 bridgehead atoms. The largest absolute Gasteiger partial charge is 0.388 e. The zero-order valence-electron chi connectivity index (χ0n) is 7.69. The van der Waals surface area contributed by atoms with E-state index in [4.69, 9.17) is 6.42 Å². The van der Waals surface area contributed by atoms with Crippen LogP contribution in [-0.4, -0.2) is 12.8 Å². The molecule has 0 fully saturated rings. The molecule has 0 heterocycles. The summed E-state index contributed by atoms with van der Waals surface area (Å²) in [6.45, 7) is 6.87. The first-order valence-electron chi connectivity index (χ1n) is 3.60. The molecule has 0 rings (SSSR count). The molecule has 0 amide bonds. The van der Waals surface area contributed by atoms with E-state index >= 15 is 0 Å². The van der Waals surface area contributed by atoms with Crippen LogP contribution in [0.25, 0.3) is 0 Å². The molecule has 0 aromatic heterocycles. The summed E-state index contributed by atoms with van der Waals surface area (Å²) in [5.74, 6) is 2.35. The van der Waals surface area contributed by atoms with Crippen molar-refractivity contribution in [1.29, 1.82) is 0 Å². The lowest BCUT2D eigenvalue weighted by Crippen LogP contribution is -2.13. The lowest BCUT2D eigenvalue weighted by atomic mass is 10.0. The van der Waals surface area contributed by atoms with Gasteiger partial charge in [0.25, 0.3) is 0 Å². The first-order valence-corrected chi connectivity index (χ1v) is 3.60. The fourth-order valence-corrected chi connectivity index (χ4v) is 0.900. The molecule has 0 aliphatic rings. The number of carbonyl (C=O) groups is 1. The van der Waals surface area contributed by atoms with E-state index in [-0.39, 0.29) is 5.78 Å². The monoisotopic (exact) mass is 163 g/mol. The second kappa shape index (κ2) is 4.40. The fourth-order valence-electron chi connectivity index (χ4n) is 0.900. The number of terminal acetylenes is 1. The summed E-state index contributed by atoms with van der Waals surface area (Å²) in [5, 5.41) is 2.79. The average Bonchev–Trinajstić information content (AvgIpc) is 2.03. The summed E-state index contributed by atoms with van der Waals surface area (Å²) in [6.07, 6.45) is 5.17. The minimum atomic E-state index is -0.0650. The van der Waals surface area contributed by atoms with Crippen molar-refractivity contribution in [1.82, 2.24) is 5.32 Å². The number of likely N-dealkylation sites (N-methyl/N-ethyl adjacent to an activating group) is 1. The minimum Gasteiger partial charge on any atom is -0.388 e. The van der Waals surface area contributed by atoms with E-state index in [1.165, 1.54) is 6.92 Å². The summed E-state index contributed by atoms with van der Waals surface area (Å²) in [5.41, 5.74) is 1.68. The Bertz CT molecular complexity index is 279. The van der Waals surface area contributed by atoms with Gasteiger partial charge >= 0.3 is 0 Å². The molecule has 0 saturated heterocycles. The van der Waals surface area contributed by atoms with Crippen LogP contribution in [0, 0.1) is 12.3 Å². The van der Waals surface area contributed by atoms with Crippen molar-refractivity contribution < 1.29 is 4.79 Å². The predicted octanol–water partition coefficient (Wildman–Crippen LogP) is 1.26. The van der Waals surface area contributed by atoms with Gasteiger partial charge in [-0.15, -0.1) is 6.42 Å². The van der Waals surface area contributed by atoms with Gasteiger partial charge < -0.3 is 5.32 Å². The number of carbonyl (C=O) groups excluding carboxylic acids is 1. The van der Waals surface area contributed by atoms with Gasteiger partial charge in [-0.05, 0) is 13.8 Å². The lowest BCUT2D eigenvalue weighted by Gasteiger charge is -2.07. The Balaban J connectivity index is 5.09. The SMILES string of the molecule is C#C/C(C)=C(\C(=C)NC)C(C)=O. The van der Waals surface area contributed by atoms with Gasteiger partial charge in [0.05, 0.1) is 5.57 Å². The normalized spacial score (nSPS) is 11.2. The summed E-state index contributed by atoms with van der Waals surface area (Å²) in [7, 11) is 1.70. The molecule has 0 aromatic rings. The number of nitrogens with one attached hydrogen (secondary N) is 1. The maximum absolute atomic E-state index is 11.1. The molecule has 0 spiro atoms. The van der Waals surface area contributed by atoms with Gasteiger partial charge in [0.15, 0.2) is 5.78 Å². The van der Waals surface area contributed by atoms with Gasteiger partial charge in [-0.1, -0.05) is 12.5 Å². The molecule has 0 atom stereocenters. The fraction of sp³-hybridized carbons (Fsp3) is 0.300. The second-order valence-electron chi connectivity index (χ2n) is 2.43. The Morgan fingerprint density at radius 1 is 1.50 bits per heavy atom. The molecule has 1 N–H and O–H groups in total. The molecule has 0 aromatic carbocycles. The third-order valence-corrected chi connectivity index (χ3v) is 1.55. The van der Waals surface area contributed by atoms with Crippen molar-refractivity contribution in [3.8, 4) is 12.3 Å². The molecule has 2 heteroatoms. The Labute approximate surface area is 73.4 Å². The van der Waals surface area contributed by atoms with Crippen molar-refractivity contribution in [3.63, 3.8) is 0 Å². The highest BCUT2D eigenvalue weighted by Crippen LogP contribution is 2.10. The van der Waals surface area contributed by atoms with Crippen molar-refractivity contribution in [2.45, 2.75) is 13.8 Å². The highest BCUT2D eigenvalue weighted by molar-refractivity contribution is 5.98. The third-order valence-electron chi connectivity index (χ3n) is 1.55. The molecule has 0 radical (unpaired) electrons. The maximum Gasteiger partial charge on any atom is 0.162 e. The van der Waals surface area contributed by atoms with Crippen LogP contribution in [0.2, 0.25) is 0 Å². The lowest BCUT2D eigenvalue weighted by molar-refractivity contribution is -0.113. The Kier molecular flexibility index (Phi) is 3.85. The minimum absolute atomic E-state index is 0.0650. The van der Waals surface area contributed by atoms with E-state index in [0.717, 1.165) is 0 Å². The van der Waals surface area contributed by atoms with Gasteiger partial charge in [0.2, 0.25) is 0 Å². The number of ketones is 1. The Morgan fingerprint density at radius 2 is 2.00 bits per heavy atom. The number of allylic oxidation sites excluding steroid dienone is 2. The average molecular weight is 163 g/mol. The highest BCUT2D eigenvalue weighted by atomic mass is 16.1. The maximum atomic E-state index is 11.1. The van der Waals surface area contributed by atoms with Gasteiger partial charge in [-0.25, -0.2) is 0 Å². The molecule has 0 saturated carbocycles. The molecular formula is C10H13NO. The molecule has 12 heavy (non-hydrogen) atoms. The smallest absolute Gasteiger partial charge is 0.162 e. The third kappa shape index (κ3) is 2.28. The molecule has 0 aliphatic heterocycles. The van der Waals surface area contributed by atoms with E-state index in [1.54, 1.807) is 14.0 Å². The van der Waals surface area contributed by atoms with Gasteiger partial charge in [0, 0.05) is 18.3 Å². The molecule has 2 nitrogen and oxygen atoms in total. The topological polar surface area (TPSA) is 29.1 Å². The molecule has 0 aliphatic carbocycles. The van der Waals surface area contributed by atoms with E-state index in [9.17, 15) is 4.79 Å². The van der Waals surface area contributed by atoms with Crippen LogP contribution >= 0.6 is 0 Å². The van der Waals surface area contributed by atoms with Crippen LogP contribution in [0.1, 0.15) is 13.8 Å². The summed E-state index contributed by atoms with van der Waals surface area (Å²) < 4.78 is 0. The first-order chi connectivity index (χ1) is 5.54. The standard InChI is InChI=1S/C10H13NO/c1-6-7(2)10(9(4)12)8(3)11-5/h1,11H,3H2,2,4-5H3/b10-7+. The van der Waals surface area contributed by atoms with Crippen LogP contribution < -0.4 is 5.32 Å². The van der Waals surface area contributed by atoms with E-state index in [0.29, 0.717) is 16.8 Å². The summed E-state index contributed by atoms with van der Waals surface area (Å²) in [4.78, 5) is 11.1. The zero-order valence-corrected chi connectivity index (χ0v) is 7.69. The van der Waals surface area contributed by atoms with E-state index in [1.807, 2.05) is 0 Å². The summed E-state index contributed by atoms with van der Waals surface area (Å²) >= 11 is 0. The van der Waals surface area contributed by atoms with Gasteiger partial charge in [0.1, 0.15) is 0 Å². The van der Waals surface area contributed by atoms with Crippen LogP contribution in [0.4, 0.5) is 0 Å². The summed E-state index contributed by atoms with van der Waals surface area (Å²) in [6, 6.07) is 0. The van der Waals surface area contributed by atoms with Crippen molar-refractivity contribution in [3.05, 3.63) is 23.4 Å². The Hall–Kier alpha value is -1.49. The van der Waals surface area contributed by atoms with Crippen molar-refractivity contribution in [2.24, 2.45) is 0 Å². The predicted molar refractivity (Wildman–Crippen MR) is 50.4 cm³/mol. The molecular weight excluding hydrogens is 150 g/mol. The van der Waals surface area contributed by atoms with Crippen LogP contribution in [0.15, 0.2) is 23.4 Å². The quantitative estimate of drug-likeness (QED) is 0.385. The molecule has 64 valence electrons. The van der Waals surface area contributed by atoms with Crippen LogP contribution in [0.3, 0.4) is 0 Å². The number of hydrogen-bond acceptors (Lipinski definition) is 2. The number of rotatable bonds is 3. The van der Waals surface area contributed by atoms with Gasteiger partial charge in [-0.2, -0.15) is 0 Å². The Morgan fingerprint density at radius 3 is 2.25 bits per heavy atom. The van der Waals surface area contributed by atoms with Crippen molar-refractivity contribution in [2.75, 3.05) is 7.05 Å².